The second-order valence-corrected chi connectivity index (χ2v) is 4.57. The molecule has 0 aliphatic heterocycles. The summed E-state index contributed by atoms with van der Waals surface area (Å²) in [5.41, 5.74) is 8.27. The lowest BCUT2D eigenvalue weighted by atomic mass is 10.1. The quantitative estimate of drug-likeness (QED) is 0.356. The number of unbranched alkanes of at least 4 members (excludes halogenated alkanes) is 11. The van der Waals surface area contributed by atoms with E-state index in [-0.39, 0.29) is 0 Å². The summed E-state index contributed by atoms with van der Waals surface area (Å²) >= 11 is 0. The van der Waals surface area contributed by atoms with Crippen molar-refractivity contribution in [1.29, 1.82) is 0 Å². The van der Waals surface area contributed by atoms with Gasteiger partial charge in [-0.2, -0.15) is 0 Å². The van der Waals surface area contributed by atoms with E-state index in [1.165, 1.54) is 64.2 Å². The molecule has 0 heterocycles. The van der Waals surface area contributed by atoms with Crippen LogP contribution in [0.1, 0.15) is 84.0 Å². The summed E-state index contributed by atoms with van der Waals surface area (Å²) in [5, 5.41) is 0. The van der Waals surface area contributed by atoms with Crippen LogP contribution in [0.4, 0.5) is 0 Å². The fraction of sp³-hybridized carbons (Fsp3) is 0.867. The maximum absolute atomic E-state index is 8.27. The molecule has 92 valence electrons. The predicted molar refractivity (Wildman–Crippen MR) is 71.0 cm³/mol. The van der Waals surface area contributed by atoms with Crippen LogP contribution in [0, 0.1) is 12.0 Å². The fourth-order valence-corrected chi connectivity index (χ4v) is 1.93. The van der Waals surface area contributed by atoms with E-state index in [1.54, 1.807) is 0 Å². The van der Waals surface area contributed by atoms with Gasteiger partial charge in [-0.3, -0.25) is 0 Å². The number of rotatable bonds is 11. The molecule has 16 heavy (non-hydrogen) atoms. The molecule has 0 bridgehead atoms. The fourth-order valence-electron chi connectivity index (χ4n) is 1.93. The zero-order chi connectivity index (χ0) is 11.9. The van der Waals surface area contributed by atoms with Crippen LogP contribution >= 0.6 is 0 Å². The molecule has 0 rings (SSSR count). The number of hydrogen-bond acceptors (Lipinski definition) is 0. The first-order valence-electron chi connectivity index (χ1n) is 7.03. The Kier molecular flexibility index (Phi) is 13.8. The third-order valence-corrected chi connectivity index (χ3v) is 2.98. The van der Waals surface area contributed by atoms with Gasteiger partial charge in [0, 0.05) is 6.42 Å². The molecule has 0 amide bonds. The first-order valence-corrected chi connectivity index (χ1v) is 7.03. The highest BCUT2D eigenvalue weighted by molar-refractivity contribution is 4.92. The van der Waals surface area contributed by atoms with Gasteiger partial charge in [-0.25, -0.2) is 0 Å². The number of hydrogen-bond donors (Lipinski definition) is 0. The van der Waals surface area contributed by atoms with Crippen LogP contribution in [0.15, 0.2) is 0 Å². The molecule has 2 radical (unpaired) electrons. The van der Waals surface area contributed by atoms with Gasteiger partial charge in [-0.1, -0.05) is 82.8 Å². The van der Waals surface area contributed by atoms with Crippen molar-refractivity contribution in [2.75, 3.05) is 0 Å². The van der Waals surface area contributed by atoms with Gasteiger partial charge in [0.1, 0.15) is 0 Å². The highest BCUT2D eigenvalue weighted by Crippen LogP contribution is 2.11. The lowest BCUT2D eigenvalue weighted by molar-refractivity contribution is 0.551. The Hall–Kier alpha value is -0.640. The summed E-state index contributed by atoms with van der Waals surface area (Å²) in [7, 11) is 0. The Morgan fingerprint density at radius 2 is 1.12 bits per heavy atom. The van der Waals surface area contributed by atoms with E-state index in [9.17, 15) is 0 Å². The van der Waals surface area contributed by atoms with Crippen molar-refractivity contribution in [2.45, 2.75) is 84.0 Å². The summed E-state index contributed by atoms with van der Waals surface area (Å²) in [6.45, 7) is 2.27. The second-order valence-electron chi connectivity index (χ2n) is 4.57. The van der Waals surface area contributed by atoms with E-state index in [1.807, 2.05) is 6.04 Å². The Morgan fingerprint density at radius 1 is 0.688 bits per heavy atom. The van der Waals surface area contributed by atoms with Gasteiger partial charge in [0.15, 0.2) is 0 Å². The molecule has 0 aliphatic carbocycles. The van der Waals surface area contributed by atoms with Crippen LogP contribution in [0.5, 0.6) is 0 Å². The molecule has 0 aromatic carbocycles. The summed E-state index contributed by atoms with van der Waals surface area (Å²) in [5.74, 6) is 2.68. The minimum atomic E-state index is 0.855. The van der Waals surface area contributed by atoms with Crippen LogP contribution in [-0.2, 0) is 0 Å². The molecule has 0 spiro atoms. The summed E-state index contributed by atoms with van der Waals surface area (Å²) < 4.78 is 0. The molecule has 0 aromatic heterocycles. The molecule has 0 atom stereocenters. The average Bonchev–Trinajstić information content (AvgIpc) is 2.31. The minimum absolute atomic E-state index is 0.855. The minimum Gasteiger partial charge on any atom is -0.0878 e. The first-order chi connectivity index (χ1) is 7.91. The van der Waals surface area contributed by atoms with Gasteiger partial charge < -0.3 is 0 Å². The molecule has 1 heteroatoms. The highest BCUT2D eigenvalue weighted by atomic mass is 14.4. The lowest BCUT2D eigenvalue weighted by Crippen LogP contribution is -1.82. The molecule has 1 nitrogen and oxygen atoms in total. The van der Waals surface area contributed by atoms with Gasteiger partial charge >= 0.3 is 0 Å². The van der Waals surface area contributed by atoms with E-state index >= 15 is 0 Å². The molecular weight excluding hydrogens is 194 g/mol. The monoisotopic (exact) mass is 221 g/mol. The van der Waals surface area contributed by atoms with Crippen LogP contribution in [0.25, 0.3) is 0 Å². The summed E-state index contributed by atoms with van der Waals surface area (Å²) in [6.07, 6.45) is 15.8. The zero-order valence-electron chi connectivity index (χ0n) is 10.9. The standard InChI is InChI=1S/C15H27N/c1-2-3-4-5-6-7-8-9-10-11-12-13-14-15-16/h2-13H2,1H3. The molecule has 0 aliphatic rings. The van der Waals surface area contributed by atoms with Gasteiger partial charge in [0.05, 0.1) is 6.04 Å². The molecule has 0 aromatic rings. The van der Waals surface area contributed by atoms with Crippen LogP contribution in [0.3, 0.4) is 0 Å². The third kappa shape index (κ3) is 13.4. The van der Waals surface area contributed by atoms with E-state index in [0.29, 0.717) is 0 Å². The van der Waals surface area contributed by atoms with E-state index in [0.717, 1.165) is 12.8 Å². The van der Waals surface area contributed by atoms with Gasteiger partial charge in [0.25, 0.3) is 0 Å². The molecule has 0 unspecified atom stereocenters. The van der Waals surface area contributed by atoms with Gasteiger partial charge in [-0.05, 0) is 6.42 Å². The van der Waals surface area contributed by atoms with E-state index in [2.05, 4.69) is 12.8 Å². The van der Waals surface area contributed by atoms with Crippen LogP contribution in [0.2, 0.25) is 0 Å². The van der Waals surface area contributed by atoms with Gasteiger partial charge in [-0.15, -0.1) is 0 Å². The van der Waals surface area contributed by atoms with Crippen molar-refractivity contribution < 1.29 is 0 Å². The lowest BCUT2D eigenvalue weighted by Gasteiger charge is -2.01. The van der Waals surface area contributed by atoms with Crippen molar-refractivity contribution in [2.24, 2.45) is 0 Å². The maximum Gasteiger partial charge on any atom is 0.0584 e. The molecular formula is C15H27N. The van der Waals surface area contributed by atoms with Crippen LogP contribution in [-0.4, -0.2) is 0 Å². The summed E-state index contributed by atoms with van der Waals surface area (Å²) in [6, 6.07) is 1.95. The first kappa shape index (κ1) is 15.4. The highest BCUT2D eigenvalue weighted by Gasteiger charge is 1.92. The Morgan fingerprint density at radius 3 is 1.56 bits per heavy atom. The largest absolute Gasteiger partial charge is 0.0878 e. The molecule has 0 fully saturated rings. The SMILES string of the molecule is CCCCCCCCCCCCCC#C[N]. The topological polar surface area (TPSA) is 22.3 Å². The molecule has 0 saturated carbocycles. The maximum atomic E-state index is 8.27. The second kappa shape index (κ2) is 14.4. The third-order valence-electron chi connectivity index (χ3n) is 2.98. The van der Waals surface area contributed by atoms with E-state index < -0.39 is 0 Å². The Balaban J connectivity index is 2.89. The van der Waals surface area contributed by atoms with Crippen molar-refractivity contribution >= 4 is 0 Å². The van der Waals surface area contributed by atoms with Crippen LogP contribution < -0.4 is 5.73 Å². The van der Waals surface area contributed by atoms with Gasteiger partial charge in [0.2, 0.25) is 0 Å². The zero-order valence-corrected chi connectivity index (χ0v) is 10.9. The summed E-state index contributed by atoms with van der Waals surface area (Å²) in [4.78, 5) is 0. The smallest absolute Gasteiger partial charge is 0.0584 e. The van der Waals surface area contributed by atoms with Crippen molar-refractivity contribution in [3.05, 3.63) is 0 Å². The molecule has 0 N–H and O–H groups in total. The van der Waals surface area contributed by atoms with Crippen molar-refractivity contribution in [1.82, 2.24) is 5.73 Å². The molecule has 0 saturated heterocycles. The van der Waals surface area contributed by atoms with E-state index in [4.69, 9.17) is 5.73 Å². The number of nitrogens with zero attached hydrogens (tertiary/aromatic N) is 1. The predicted octanol–water partition coefficient (Wildman–Crippen LogP) is 4.72. The van der Waals surface area contributed by atoms with Crippen molar-refractivity contribution in [3.8, 4) is 12.0 Å². The normalized spacial score (nSPS) is 9.81. The average molecular weight is 221 g/mol. The van der Waals surface area contributed by atoms with Crippen molar-refractivity contribution in [3.63, 3.8) is 0 Å². The Bertz CT molecular complexity index is 176. The Labute approximate surface area is 102 Å².